The highest BCUT2D eigenvalue weighted by Crippen LogP contribution is 2.16. The number of alkyl halides is 1. The SMILES string of the molecule is CCc1ccc(CNC(=O)NC(=O)C(C)Cl)s1. The number of nitrogens with one attached hydrogen (secondary N) is 2. The number of carbonyl (C=O) groups excluding carboxylic acids is 2. The van der Waals surface area contributed by atoms with Crippen molar-refractivity contribution in [1.82, 2.24) is 10.6 Å². The number of hydrogen-bond acceptors (Lipinski definition) is 3. The van der Waals surface area contributed by atoms with Crippen LogP contribution in [0.2, 0.25) is 0 Å². The number of rotatable bonds is 4. The van der Waals surface area contributed by atoms with Crippen molar-refractivity contribution in [2.45, 2.75) is 32.2 Å². The van der Waals surface area contributed by atoms with E-state index in [0.717, 1.165) is 11.3 Å². The molecular weight excluding hydrogens is 260 g/mol. The highest BCUT2D eigenvalue weighted by atomic mass is 35.5. The average Bonchev–Trinajstić information content (AvgIpc) is 2.74. The fourth-order valence-electron chi connectivity index (χ4n) is 1.13. The molecule has 17 heavy (non-hydrogen) atoms. The van der Waals surface area contributed by atoms with Crippen LogP contribution in [0.5, 0.6) is 0 Å². The van der Waals surface area contributed by atoms with Crippen LogP contribution < -0.4 is 10.6 Å². The van der Waals surface area contributed by atoms with Crippen LogP contribution in [-0.4, -0.2) is 17.3 Å². The predicted octanol–water partition coefficient (Wildman–Crippen LogP) is 2.26. The monoisotopic (exact) mass is 274 g/mol. The molecule has 4 nitrogen and oxygen atoms in total. The first-order valence-electron chi connectivity index (χ1n) is 5.33. The summed E-state index contributed by atoms with van der Waals surface area (Å²) in [5.41, 5.74) is 0. The Bertz CT molecular complexity index is 404. The maximum Gasteiger partial charge on any atom is 0.321 e. The number of halogens is 1. The van der Waals surface area contributed by atoms with Crippen molar-refractivity contribution in [2.75, 3.05) is 0 Å². The quantitative estimate of drug-likeness (QED) is 0.828. The van der Waals surface area contributed by atoms with E-state index in [4.69, 9.17) is 11.6 Å². The molecule has 0 radical (unpaired) electrons. The van der Waals surface area contributed by atoms with Crippen molar-refractivity contribution >= 4 is 34.9 Å². The van der Waals surface area contributed by atoms with Gasteiger partial charge in [-0.15, -0.1) is 22.9 Å². The second-order valence-corrected chi connectivity index (χ2v) is 5.42. The number of carbonyl (C=O) groups is 2. The Morgan fingerprint density at radius 3 is 2.59 bits per heavy atom. The third-order valence-electron chi connectivity index (χ3n) is 2.09. The van der Waals surface area contributed by atoms with Crippen molar-refractivity contribution in [1.29, 1.82) is 0 Å². The third kappa shape index (κ3) is 4.75. The summed E-state index contributed by atoms with van der Waals surface area (Å²) in [6, 6.07) is 3.48. The minimum Gasteiger partial charge on any atom is -0.333 e. The number of thiophene rings is 1. The van der Waals surface area contributed by atoms with Crippen LogP contribution in [-0.2, 0) is 17.8 Å². The summed E-state index contributed by atoms with van der Waals surface area (Å²) in [5, 5.41) is 4.04. The van der Waals surface area contributed by atoms with Gasteiger partial charge in [0.05, 0.1) is 6.54 Å². The van der Waals surface area contributed by atoms with Crippen molar-refractivity contribution in [2.24, 2.45) is 0 Å². The van der Waals surface area contributed by atoms with Gasteiger partial charge >= 0.3 is 6.03 Å². The van der Waals surface area contributed by atoms with Crippen LogP contribution in [0.4, 0.5) is 4.79 Å². The molecule has 94 valence electrons. The van der Waals surface area contributed by atoms with Gasteiger partial charge in [-0.2, -0.15) is 0 Å². The van der Waals surface area contributed by atoms with Gasteiger partial charge in [0.25, 0.3) is 0 Å². The summed E-state index contributed by atoms with van der Waals surface area (Å²) in [6.07, 6.45) is 0.985. The van der Waals surface area contributed by atoms with E-state index in [1.807, 2.05) is 12.1 Å². The number of urea groups is 1. The van der Waals surface area contributed by atoms with E-state index in [-0.39, 0.29) is 0 Å². The third-order valence-corrected chi connectivity index (χ3v) is 3.51. The molecule has 0 aliphatic carbocycles. The van der Waals surface area contributed by atoms with Gasteiger partial charge in [-0.3, -0.25) is 10.1 Å². The zero-order valence-corrected chi connectivity index (χ0v) is 11.3. The molecule has 3 amide bonds. The van der Waals surface area contributed by atoms with E-state index in [2.05, 4.69) is 17.6 Å². The molecule has 1 unspecified atom stereocenters. The Balaban J connectivity index is 2.35. The minimum absolute atomic E-state index is 0.417. The molecule has 1 aromatic heterocycles. The molecule has 0 saturated carbocycles. The van der Waals surface area contributed by atoms with Crippen LogP contribution >= 0.6 is 22.9 Å². The Morgan fingerprint density at radius 2 is 2.06 bits per heavy atom. The maximum atomic E-state index is 11.3. The molecule has 1 rings (SSSR count). The fourth-order valence-corrected chi connectivity index (χ4v) is 2.08. The molecule has 2 N–H and O–H groups in total. The van der Waals surface area contributed by atoms with E-state index in [0.29, 0.717) is 6.54 Å². The van der Waals surface area contributed by atoms with Gasteiger partial charge in [0, 0.05) is 9.75 Å². The van der Waals surface area contributed by atoms with Gasteiger partial charge < -0.3 is 5.32 Å². The molecule has 1 aromatic rings. The average molecular weight is 275 g/mol. The summed E-state index contributed by atoms with van der Waals surface area (Å²) >= 11 is 7.17. The molecule has 0 aliphatic heterocycles. The summed E-state index contributed by atoms with van der Waals surface area (Å²) in [4.78, 5) is 24.8. The molecule has 0 spiro atoms. The van der Waals surface area contributed by atoms with Crippen molar-refractivity contribution in [3.8, 4) is 0 Å². The largest absolute Gasteiger partial charge is 0.333 e. The molecule has 0 aromatic carbocycles. The highest BCUT2D eigenvalue weighted by molar-refractivity contribution is 7.11. The van der Waals surface area contributed by atoms with E-state index in [1.165, 1.54) is 11.8 Å². The molecular formula is C11H15ClN2O2S. The fraction of sp³-hybridized carbons (Fsp3) is 0.455. The number of imide groups is 1. The highest BCUT2D eigenvalue weighted by Gasteiger charge is 2.12. The number of amides is 3. The number of aryl methyl sites for hydroxylation is 1. The smallest absolute Gasteiger partial charge is 0.321 e. The molecule has 1 atom stereocenters. The summed E-state index contributed by atoms with van der Waals surface area (Å²) in [5.74, 6) is -0.496. The zero-order valence-electron chi connectivity index (χ0n) is 9.75. The van der Waals surface area contributed by atoms with Crippen LogP contribution in [0.25, 0.3) is 0 Å². The topological polar surface area (TPSA) is 58.2 Å². The Kier molecular flexibility index (Phi) is 5.44. The molecule has 0 saturated heterocycles. The lowest BCUT2D eigenvalue weighted by Crippen LogP contribution is -2.41. The second-order valence-electron chi connectivity index (χ2n) is 3.51. The van der Waals surface area contributed by atoms with E-state index in [9.17, 15) is 9.59 Å². The van der Waals surface area contributed by atoms with Crippen LogP contribution in [0, 0.1) is 0 Å². The van der Waals surface area contributed by atoms with E-state index >= 15 is 0 Å². The number of hydrogen-bond donors (Lipinski definition) is 2. The lowest BCUT2D eigenvalue weighted by atomic mass is 10.3. The Hall–Kier alpha value is -1.07. The first-order chi connectivity index (χ1) is 8.02. The normalized spacial score (nSPS) is 11.9. The summed E-state index contributed by atoms with van der Waals surface area (Å²) < 4.78 is 0. The van der Waals surface area contributed by atoms with Gasteiger partial charge in [0.2, 0.25) is 5.91 Å². The molecule has 1 heterocycles. The second kappa shape index (κ2) is 6.61. The predicted molar refractivity (Wildman–Crippen MR) is 69.4 cm³/mol. The van der Waals surface area contributed by atoms with Gasteiger partial charge in [0.15, 0.2) is 0 Å². The minimum atomic E-state index is -0.714. The molecule has 0 aliphatic rings. The first-order valence-corrected chi connectivity index (χ1v) is 6.58. The summed E-state index contributed by atoms with van der Waals surface area (Å²) in [7, 11) is 0. The van der Waals surface area contributed by atoms with Crippen molar-refractivity contribution in [3.63, 3.8) is 0 Å². The lowest BCUT2D eigenvalue weighted by Gasteiger charge is -2.06. The zero-order chi connectivity index (χ0) is 12.8. The van der Waals surface area contributed by atoms with Gasteiger partial charge in [-0.25, -0.2) is 4.79 Å². The first kappa shape index (κ1) is 14.0. The van der Waals surface area contributed by atoms with Crippen molar-refractivity contribution in [3.05, 3.63) is 21.9 Å². The lowest BCUT2D eigenvalue weighted by molar-refractivity contribution is -0.119. The molecule has 0 fully saturated rings. The van der Waals surface area contributed by atoms with Gasteiger partial charge in [0.1, 0.15) is 5.38 Å². The van der Waals surface area contributed by atoms with Crippen molar-refractivity contribution < 1.29 is 9.59 Å². The van der Waals surface area contributed by atoms with Crippen LogP contribution in [0.1, 0.15) is 23.6 Å². The van der Waals surface area contributed by atoms with Crippen LogP contribution in [0.3, 0.4) is 0 Å². The Labute approximate surface area is 109 Å². The maximum absolute atomic E-state index is 11.3. The van der Waals surface area contributed by atoms with Gasteiger partial charge in [-0.05, 0) is 25.5 Å². The van der Waals surface area contributed by atoms with Gasteiger partial charge in [-0.1, -0.05) is 6.92 Å². The summed E-state index contributed by atoms with van der Waals surface area (Å²) in [6.45, 7) is 4.01. The molecule has 0 bridgehead atoms. The van der Waals surface area contributed by atoms with E-state index < -0.39 is 17.3 Å². The standard InChI is InChI=1S/C11H15ClN2O2S/c1-3-8-4-5-9(17-8)6-13-11(16)14-10(15)7(2)12/h4-5,7H,3,6H2,1-2H3,(H2,13,14,15,16). The van der Waals surface area contributed by atoms with E-state index in [1.54, 1.807) is 11.3 Å². The molecule has 6 heteroatoms. The van der Waals surface area contributed by atoms with Crippen LogP contribution in [0.15, 0.2) is 12.1 Å². The Morgan fingerprint density at radius 1 is 1.41 bits per heavy atom.